The van der Waals surface area contributed by atoms with E-state index in [0.29, 0.717) is 11.0 Å². The molecule has 0 aliphatic carbocycles. The summed E-state index contributed by atoms with van der Waals surface area (Å²) in [6.07, 6.45) is 0. The van der Waals surface area contributed by atoms with E-state index in [9.17, 15) is 4.79 Å². The van der Waals surface area contributed by atoms with Gasteiger partial charge < -0.3 is 4.74 Å². The maximum absolute atomic E-state index is 11.2. The van der Waals surface area contributed by atoms with Gasteiger partial charge in [0.1, 0.15) is 3.70 Å². The Morgan fingerprint density at radius 3 is 2.92 bits per heavy atom. The molecule has 70 valence electrons. The summed E-state index contributed by atoms with van der Waals surface area (Å²) >= 11 is 5.33. The Hall–Kier alpha value is -0.170. The second kappa shape index (κ2) is 4.90. The maximum Gasteiger partial charge on any atom is 0.357 e. The number of carbonyl (C=O) groups is 1. The largest absolute Gasteiger partial charge is 0.464 e. The van der Waals surface area contributed by atoms with Crippen molar-refractivity contribution in [2.75, 3.05) is 7.11 Å². The quantitative estimate of drug-likeness (QED) is 0.354. The average Bonchev–Trinajstić information content (AvgIpc) is 2.16. The summed E-state index contributed by atoms with van der Waals surface area (Å²) in [4.78, 5) is 15.3. The van der Waals surface area contributed by atoms with Gasteiger partial charge in [0.05, 0.1) is 7.11 Å². The highest BCUT2D eigenvalue weighted by Crippen LogP contribution is 2.13. The molecule has 1 rings (SSSR count). The zero-order valence-corrected chi connectivity index (χ0v) is 10.6. The van der Waals surface area contributed by atoms with Crippen LogP contribution in [0.15, 0.2) is 12.1 Å². The summed E-state index contributed by atoms with van der Waals surface area (Å²) in [5.41, 5.74) is 1.22. The van der Waals surface area contributed by atoms with E-state index in [0.717, 1.165) is 9.26 Å². The Labute approximate surface area is 98.2 Å². The monoisotopic (exact) mass is 355 g/mol. The normalized spacial score (nSPS) is 9.77. The number of halogens is 2. The lowest BCUT2D eigenvalue weighted by molar-refractivity contribution is 0.0593. The summed E-state index contributed by atoms with van der Waals surface area (Å²) in [6, 6.07) is 3.71. The molecular formula is C8H7BrINO2. The molecule has 13 heavy (non-hydrogen) atoms. The molecule has 0 saturated carbocycles. The molecule has 0 fully saturated rings. The Kier molecular flexibility index (Phi) is 4.11. The second-order valence-electron chi connectivity index (χ2n) is 2.27. The summed E-state index contributed by atoms with van der Waals surface area (Å²) in [6.45, 7) is 0. The number of nitrogens with zero attached hydrogens (tertiary/aromatic N) is 1. The van der Waals surface area contributed by atoms with Gasteiger partial charge in [0.2, 0.25) is 0 Å². The van der Waals surface area contributed by atoms with Gasteiger partial charge in [0, 0.05) is 5.33 Å². The van der Waals surface area contributed by atoms with Crippen LogP contribution in [0.3, 0.4) is 0 Å². The molecule has 0 radical (unpaired) electrons. The predicted octanol–water partition coefficient (Wildman–Crippen LogP) is 2.37. The molecule has 0 N–H and O–H groups in total. The van der Waals surface area contributed by atoms with Crippen LogP contribution in [0.2, 0.25) is 0 Å². The molecule has 5 heteroatoms. The molecule has 0 aliphatic heterocycles. The smallest absolute Gasteiger partial charge is 0.357 e. The number of hydrogen-bond donors (Lipinski definition) is 0. The van der Waals surface area contributed by atoms with Crippen LogP contribution in [0.1, 0.15) is 16.1 Å². The first-order chi connectivity index (χ1) is 6.19. The van der Waals surface area contributed by atoms with Crippen molar-refractivity contribution in [3.63, 3.8) is 0 Å². The Bertz CT molecular complexity index is 330. The fraction of sp³-hybridized carbons (Fsp3) is 0.250. The van der Waals surface area contributed by atoms with Crippen molar-refractivity contribution in [1.82, 2.24) is 4.98 Å². The highest BCUT2D eigenvalue weighted by atomic mass is 127. The van der Waals surface area contributed by atoms with E-state index in [1.54, 1.807) is 0 Å². The van der Waals surface area contributed by atoms with Crippen molar-refractivity contribution >= 4 is 44.5 Å². The lowest BCUT2D eigenvalue weighted by Crippen LogP contribution is -2.08. The van der Waals surface area contributed by atoms with Gasteiger partial charge in [-0.05, 0) is 34.2 Å². The number of rotatable bonds is 2. The van der Waals surface area contributed by atoms with Crippen molar-refractivity contribution < 1.29 is 9.53 Å². The van der Waals surface area contributed by atoms with E-state index >= 15 is 0 Å². The molecule has 1 aromatic heterocycles. The maximum atomic E-state index is 11.2. The fourth-order valence-corrected chi connectivity index (χ4v) is 1.72. The SMILES string of the molecule is COC(=O)c1nc(I)ccc1CBr. The van der Waals surface area contributed by atoms with Crippen LogP contribution in [0.4, 0.5) is 0 Å². The number of methoxy groups -OCH3 is 1. The van der Waals surface area contributed by atoms with Crippen LogP contribution in [0, 0.1) is 3.70 Å². The van der Waals surface area contributed by atoms with Gasteiger partial charge in [-0.3, -0.25) is 0 Å². The first kappa shape index (κ1) is 10.9. The molecule has 0 amide bonds. The van der Waals surface area contributed by atoms with Gasteiger partial charge >= 0.3 is 5.97 Å². The van der Waals surface area contributed by atoms with Crippen LogP contribution >= 0.6 is 38.5 Å². The second-order valence-corrected chi connectivity index (χ2v) is 3.93. The van der Waals surface area contributed by atoms with Crippen LogP contribution in [-0.4, -0.2) is 18.1 Å². The van der Waals surface area contributed by atoms with Crippen molar-refractivity contribution in [1.29, 1.82) is 0 Å². The molecule has 1 aromatic rings. The standard InChI is InChI=1S/C8H7BrINO2/c1-13-8(12)7-5(4-9)2-3-6(10)11-7/h2-3H,4H2,1H3. The van der Waals surface area contributed by atoms with E-state index in [1.165, 1.54) is 7.11 Å². The topological polar surface area (TPSA) is 39.2 Å². The van der Waals surface area contributed by atoms with Gasteiger partial charge in [-0.25, -0.2) is 9.78 Å². The highest BCUT2D eigenvalue weighted by Gasteiger charge is 2.12. The summed E-state index contributed by atoms with van der Waals surface area (Å²) in [5.74, 6) is -0.395. The minimum Gasteiger partial charge on any atom is -0.464 e. The van der Waals surface area contributed by atoms with Crippen LogP contribution in [0.25, 0.3) is 0 Å². The third-order valence-electron chi connectivity index (χ3n) is 1.47. The number of ether oxygens (including phenoxy) is 1. The van der Waals surface area contributed by atoms with Crippen molar-refractivity contribution in [3.05, 3.63) is 27.1 Å². The number of esters is 1. The predicted molar refractivity (Wildman–Crippen MR) is 60.9 cm³/mol. The molecule has 3 nitrogen and oxygen atoms in total. The third kappa shape index (κ3) is 2.63. The van der Waals surface area contributed by atoms with Gasteiger partial charge in [-0.1, -0.05) is 22.0 Å². The lowest BCUT2D eigenvalue weighted by atomic mass is 10.2. The van der Waals surface area contributed by atoms with E-state index in [2.05, 4.69) is 48.2 Å². The van der Waals surface area contributed by atoms with Crippen LogP contribution in [-0.2, 0) is 10.1 Å². The van der Waals surface area contributed by atoms with Gasteiger partial charge in [0.25, 0.3) is 0 Å². The number of alkyl halides is 1. The molecule has 0 unspecified atom stereocenters. The van der Waals surface area contributed by atoms with Crippen LogP contribution < -0.4 is 0 Å². The van der Waals surface area contributed by atoms with E-state index in [4.69, 9.17) is 0 Å². The molecule has 0 spiro atoms. The number of hydrogen-bond acceptors (Lipinski definition) is 3. The fourth-order valence-electron chi connectivity index (χ4n) is 0.845. The van der Waals surface area contributed by atoms with Crippen LogP contribution in [0.5, 0.6) is 0 Å². The molecule has 0 aliphatic rings. The van der Waals surface area contributed by atoms with Gasteiger partial charge in [-0.2, -0.15) is 0 Å². The summed E-state index contributed by atoms with van der Waals surface area (Å²) in [7, 11) is 1.35. The van der Waals surface area contributed by atoms with Gasteiger partial charge in [-0.15, -0.1) is 0 Å². The van der Waals surface area contributed by atoms with Crippen molar-refractivity contribution in [2.45, 2.75) is 5.33 Å². The minimum atomic E-state index is -0.395. The summed E-state index contributed by atoms with van der Waals surface area (Å²) in [5, 5.41) is 0.599. The average molecular weight is 356 g/mol. The van der Waals surface area contributed by atoms with Gasteiger partial charge in [0.15, 0.2) is 5.69 Å². The lowest BCUT2D eigenvalue weighted by Gasteiger charge is -2.03. The van der Waals surface area contributed by atoms with Crippen molar-refractivity contribution in [2.24, 2.45) is 0 Å². The van der Waals surface area contributed by atoms with E-state index in [1.807, 2.05) is 12.1 Å². The first-order valence-corrected chi connectivity index (χ1v) is 5.68. The molecule has 0 atom stereocenters. The summed E-state index contributed by atoms with van der Waals surface area (Å²) < 4.78 is 5.39. The Morgan fingerprint density at radius 1 is 1.69 bits per heavy atom. The van der Waals surface area contributed by atoms with Crippen molar-refractivity contribution in [3.8, 4) is 0 Å². The highest BCUT2D eigenvalue weighted by molar-refractivity contribution is 14.1. The molecule has 0 aromatic carbocycles. The Morgan fingerprint density at radius 2 is 2.38 bits per heavy atom. The minimum absolute atomic E-state index is 0.381. The first-order valence-electron chi connectivity index (χ1n) is 3.48. The van der Waals surface area contributed by atoms with E-state index < -0.39 is 5.97 Å². The van der Waals surface area contributed by atoms with E-state index in [-0.39, 0.29) is 0 Å². The molecule has 0 bridgehead atoms. The number of carbonyl (C=O) groups excluding carboxylic acids is 1. The third-order valence-corrected chi connectivity index (χ3v) is 2.67. The zero-order chi connectivity index (χ0) is 9.84. The molecule has 0 saturated heterocycles. The Balaban J connectivity index is 3.15. The zero-order valence-electron chi connectivity index (χ0n) is 6.88. The number of aromatic nitrogens is 1. The molecular weight excluding hydrogens is 349 g/mol. The molecule has 1 heterocycles. The number of pyridine rings is 1.